The van der Waals surface area contributed by atoms with Gasteiger partial charge in [-0.2, -0.15) is 0 Å². The molecule has 2 heterocycles. The van der Waals surface area contributed by atoms with E-state index in [9.17, 15) is 0 Å². The molecule has 2 aromatic heterocycles. The predicted octanol–water partition coefficient (Wildman–Crippen LogP) is 3.18. The fourth-order valence-corrected chi connectivity index (χ4v) is 2.59. The molecule has 0 aliphatic heterocycles. The highest BCUT2D eigenvalue weighted by Gasteiger charge is 2.10. The van der Waals surface area contributed by atoms with Gasteiger partial charge in [-0.25, -0.2) is 4.98 Å². The Bertz CT molecular complexity index is 618. The number of aryl methyl sites for hydroxylation is 1. The summed E-state index contributed by atoms with van der Waals surface area (Å²) in [6, 6.07) is 10.0. The van der Waals surface area contributed by atoms with E-state index in [1.54, 1.807) is 11.3 Å². The van der Waals surface area contributed by atoms with Crippen LogP contribution in [0, 0.1) is 6.92 Å². The van der Waals surface area contributed by atoms with Crippen molar-refractivity contribution in [3.8, 4) is 11.4 Å². The summed E-state index contributed by atoms with van der Waals surface area (Å²) in [4.78, 5) is 9.01. The van der Waals surface area contributed by atoms with Crippen LogP contribution in [0.25, 0.3) is 22.4 Å². The van der Waals surface area contributed by atoms with Crippen LogP contribution in [-0.2, 0) is 0 Å². The van der Waals surface area contributed by atoms with E-state index >= 15 is 0 Å². The molecule has 0 spiro atoms. The molecule has 0 fully saturated rings. The van der Waals surface area contributed by atoms with Crippen molar-refractivity contribution in [2.24, 2.45) is 0 Å². The van der Waals surface area contributed by atoms with Gasteiger partial charge in [-0.15, -0.1) is 11.3 Å². The monoisotopic (exact) mass is 229 g/mol. The van der Waals surface area contributed by atoms with Crippen LogP contribution in [0.15, 0.2) is 30.3 Å². The summed E-state index contributed by atoms with van der Waals surface area (Å²) in [6.07, 6.45) is 0. The average molecular weight is 229 g/mol. The maximum Gasteiger partial charge on any atom is 0.141 e. The highest BCUT2D eigenvalue weighted by molar-refractivity contribution is 7.16. The lowest BCUT2D eigenvalue weighted by molar-refractivity contribution is 1.34. The van der Waals surface area contributed by atoms with Crippen molar-refractivity contribution >= 4 is 27.4 Å². The third-order valence-corrected chi connectivity index (χ3v) is 3.41. The molecule has 0 aliphatic rings. The number of benzene rings is 1. The minimum Gasteiger partial charge on any atom is -0.390 e. The number of H-pyrrole nitrogens is 1. The van der Waals surface area contributed by atoms with E-state index in [-0.39, 0.29) is 0 Å². The summed E-state index contributed by atoms with van der Waals surface area (Å²) in [5, 5.41) is 0.816. The molecule has 0 amide bonds. The van der Waals surface area contributed by atoms with Crippen LogP contribution in [0.4, 0.5) is 5.00 Å². The lowest BCUT2D eigenvalue weighted by Crippen LogP contribution is -1.84. The summed E-state index contributed by atoms with van der Waals surface area (Å²) in [6.45, 7) is 2.05. The second-order valence-electron chi connectivity index (χ2n) is 3.74. The van der Waals surface area contributed by atoms with Gasteiger partial charge in [0.05, 0.1) is 21.6 Å². The molecular weight excluding hydrogens is 218 g/mol. The summed E-state index contributed by atoms with van der Waals surface area (Å²) < 4.78 is 0. The van der Waals surface area contributed by atoms with Gasteiger partial charge in [0.25, 0.3) is 0 Å². The Labute approximate surface area is 96.9 Å². The number of aromatic nitrogens is 2. The van der Waals surface area contributed by atoms with Crippen LogP contribution in [-0.4, -0.2) is 9.97 Å². The lowest BCUT2D eigenvalue weighted by Gasteiger charge is -1.92. The first-order valence-corrected chi connectivity index (χ1v) is 5.87. The van der Waals surface area contributed by atoms with Crippen LogP contribution >= 0.6 is 11.3 Å². The smallest absolute Gasteiger partial charge is 0.141 e. The summed E-state index contributed by atoms with van der Waals surface area (Å²) in [7, 11) is 0. The topological polar surface area (TPSA) is 54.7 Å². The first-order valence-electron chi connectivity index (χ1n) is 5.05. The SMILES string of the molecule is Cc1cc(-c2nc3ccccc3[nH]2)c(N)s1. The highest BCUT2D eigenvalue weighted by atomic mass is 32.1. The molecule has 1 aromatic carbocycles. The van der Waals surface area contributed by atoms with E-state index in [0.717, 1.165) is 27.4 Å². The second kappa shape index (κ2) is 3.35. The summed E-state index contributed by atoms with van der Waals surface area (Å²) in [5.74, 6) is 0.850. The Balaban J connectivity index is 2.22. The number of thiophene rings is 1. The van der Waals surface area contributed by atoms with Crippen LogP contribution in [0.2, 0.25) is 0 Å². The maximum absolute atomic E-state index is 5.95. The Morgan fingerprint density at radius 2 is 2.12 bits per heavy atom. The average Bonchev–Trinajstić information content (AvgIpc) is 2.81. The molecule has 0 saturated heterocycles. The third kappa shape index (κ3) is 1.39. The van der Waals surface area contributed by atoms with E-state index in [2.05, 4.69) is 16.0 Å². The Hall–Kier alpha value is -1.81. The third-order valence-electron chi connectivity index (χ3n) is 2.53. The zero-order valence-corrected chi connectivity index (χ0v) is 9.64. The quantitative estimate of drug-likeness (QED) is 0.673. The van der Waals surface area contributed by atoms with Crippen LogP contribution in [0.3, 0.4) is 0 Å². The van der Waals surface area contributed by atoms with E-state index in [4.69, 9.17) is 5.73 Å². The van der Waals surface area contributed by atoms with Crippen molar-refractivity contribution in [1.82, 2.24) is 9.97 Å². The second-order valence-corrected chi connectivity index (χ2v) is 5.03. The Morgan fingerprint density at radius 1 is 1.31 bits per heavy atom. The maximum atomic E-state index is 5.95. The number of imidazole rings is 1. The van der Waals surface area contributed by atoms with E-state index in [0.29, 0.717) is 0 Å². The first-order chi connectivity index (χ1) is 7.74. The van der Waals surface area contributed by atoms with Crippen LogP contribution in [0.5, 0.6) is 0 Å². The van der Waals surface area contributed by atoms with Gasteiger partial charge in [-0.1, -0.05) is 12.1 Å². The van der Waals surface area contributed by atoms with E-state index in [1.807, 2.05) is 31.2 Å². The van der Waals surface area contributed by atoms with Crippen molar-refractivity contribution in [2.75, 3.05) is 5.73 Å². The van der Waals surface area contributed by atoms with Crippen molar-refractivity contribution in [3.05, 3.63) is 35.2 Å². The van der Waals surface area contributed by atoms with Gasteiger partial charge >= 0.3 is 0 Å². The molecule has 16 heavy (non-hydrogen) atoms. The largest absolute Gasteiger partial charge is 0.390 e. The molecule has 3 rings (SSSR count). The first kappa shape index (κ1) is 9.42. The van der Waals surface area contributed by atoms with Gasteiger partial charge < -0.3 is 10.7 Å². The number of nitrogens with two attached hydrogens (primary N) is 1. The molecule has 0 atom stereocenters. The Kier molecular flexibility index (Phi) is 1.97. The Morgan fingerprint density at radius 3 is 2.81 bits per heavy atom. The standard InChI is InChI=1S/C12H11N3S/c1-7-6-8(11(13)16-7)12-14-9-4-2-3-5-10(9)15-12/h2-6H,13H2,1H3,(H,14,15). The molecule has 0 unspecified atom stereocenters. The van der Waals surface area contributed by atoms with Crippen molar-refractivity contribution < 1.29 is 0 Å². The number of para-hydroxylation sites is 2. The zero-order chi connectivity index (χ0) is 11.1. The number of nitrogens with one attached hydrogen (secondary N) is 1. The summed E-state index contributed by atoms with van der Waals surface area (Å²) in [5.41, 5.74) is 8.97. The van der Waals surface area contributed by atoms with Crippen LogP contribution < -0.4 is 5.73 Å². The summed E-state index contributed by atoms with van der Waals surface area (Å²) >= 11 is 1.59. The fraction of sp³-hybridized carbons (Fsp3) is 0.0833. The van der Waals surface area contributed by atoms with Gasteiger partial charge in [0.2, 0.25) is 0 Å². The zero-order valence-electron chi connectivity index (χ0n) is 8.82. The lowest BCUT2D eigenvalue weighted by atomic mass is 10.3. The molecule has 0 aliphatic carbocycles. The van der Waals surface area contributed by atoms with Crippen molar-refractivity contribution in [3.63, 3.8) is 0 Å². The van der Waals surface area contributed by atoms with Gasteiger partial charge in [-0.3, -0.25) is 0 Å². The van der Waals surface area contributed by atoms with E-state index < -0.39 is 0 Å². The molecule has 3 aromatic rings. The number of aromatic amines is 1. The minimum absolute atomic E-state index is 0.816. The molecule has 4 heteroatoms. The fourth-order valence-electron chi connectivity index (χ4n) is 1.80. The number of hydrogen-bond donors (Lipinski definition) is 2. The number of hydrogen-bond acceptors (Lipinski definition) is 3. The number of fused-ring (bicyclic) bond motifs is 1. The molecule has 3 nitrogen and oxygen atoms in total. The molecular formula is C12H11N3S. The van der Waals surface area contributed by atoms with Crippen molar-refractivity contribution in [1.29, 1.82) is 0 Å². The minimum atomic E-state index is 0.816. The highest BCUT2D eigenvalue weighted by Crippen LogP contribution is 2.32. The van der Waals surface area contributed by atoms with E-state index in [1.165, 1.54) is 4.88 Å². The number of rotatable bonds is 1. The molecule has 3 N–H and O–H groups in total. The molecule has 0 bridgehead atoms. The predicted molar refractivity (Wildman–Crippen MR) is 68.6 cm³/mol. The number of anilines is 1. The van der Waals surface area contributed by atoms with Crippen LogP contribution in [0.1, 0.15) is 4.88 Å². The number of nitrogens with zero attached hydrogens (tertiary/aromatic N) is 1. The molecule has 0 radical (unpaired) electrons. The molecule has 0 saturated carbocycles. The van der Waals surface area contributed by atoms with Gasteiger partial charge in [0.1, 0.15) is 5.82 Å². The van der Waals surface area contributed by atoms with Crippen molar-refractivity contribution in [2.45, 2.75) is 6.92 Å². The van der Waals surface area contributed by atoms with Gasteiger partial charge in [-0.05, 0) is 25.1 Å². The normalized spacial score (nSPS) is 11.1. The van der Waals surface area contributed by atoms with Gasteiger partial charge in [0, 0.05) is 4.88 Å². The molecule has 80 valence electrons. The van der Waals surface area contributed by atoms with Gasteiger partial charge in [0.15, 0.2) is 0 Å². The number of nitrogen functional groups attached to an aromatic ring is 1.